The van der Waals surface area contributed by atoms with Gasteiger partial charge in [-0.3, -0.25) is 4.79 Å². The van der Waals surface area contributed by atoms with E-state index in [4.69, 9.17) is 9.72 Å². The maximum atomic E-state index is 12.9. The van der Waals surface area contributed by atoms with Gasteiger partial charge < -0.3 is 9.72 Å². The Morgan fingerprint density at radius 3 is 2.77 bits per heavy atom. The number of nitrogens with one attached hydrogen (secondary N) is 1. The van der Waals surface area contributed by atoms with E-state index in [1.807, 2.05) is 54.1 Å². The number of thiophene rings is 2. The monoisotopic (exact) mass is 468 g/mol. The van der Waals surface area contributed by atoms with E-state index in [9.17, 15) is 4.79 Å². The summed E-state index contributed by atoms with van der Waals surface area (Å²) in [5.74, 6) is 1.35. The molecule has 0 spiro atoms. The molecule has 0 saturated heterocycles. The minimum atomic E-state index is -0.160. The number of thioether (sulfide) groups is 1. The van der Waals surface area contributed by atoms with Crippen molar-refractivity contribution in [1.29, 1.82) is 0 Å². The molecule has 0 amide bonds. The van der Waals surface area contributed by atoms with Gasteiger partial charge in [0.25, 0.3) is 5.56 Å². The molecule has 5 aromatic rings. The smallest absolute Gasteiger partial charge is 0.260 e. The van der Waals surface area contributed by atoms with Crippen LogP contribution in [-0.2, 0) is 0 Å². The average molecular weight is 469 g/mol. The Kier molecular flexibility index (Phi) is 5.30. The summed E-state index contributed by atoms with van der Waals surface area (Å²) in [4.78, 5) is 22.3. The molecule has 1 unspecified atom stereocenters. The molecule has 31 heavy (non-hydrogen) atoms. The molecule has 156 valence electrons. The molecule has 11 heteroatoms. The highest BCUT2D eigenvalue weighted by molar-refractivity contribution is 7.99. The molecular weight excluding hydrogens is 452 g/mol. The van der Waals surface area contributed by atoms with Crippen LogP contribution >= 0.6 is 34.4 Å². The van der Waals surface area contributed by atoms with Crippen LogP contribution in [0.3, 0.4) is 0 Å². The Hall–Kier alpha value is -3.02. The van der Waals surface area contributed by atoms with Gasteiger partial charge in [0, 0.05) is 15.8 Å². The van der Waals surface area contributed by atoms with Crippen molar-refractivity contribution >= 4 is 44.7 Å². The van der Waals surface area contributed by atoms with Crippen molar-refractivity contribution in [2.75, 3.05) is 7.11 Å². The van der Waals surface area contributed by atoms with Gasteiger partial charge >= 0.3 is 0 Å². The van der Waals surface area contributed by atoms with E-state index in [0.717, 1.165) is 26.7 Å². The lowest BCUT2D eigenvalue weighted by molar-refractivity contribution is 0.414. The minimum absolute atomic E-state index is 0.133. The maximum absolute atomic E-state index is 12.9. The number of tetrazole rings is 1. The number of aromatic nitrogens is 6. The van der Waals surface area contributed by atoms with E-state index in [1.165, 1.54) is 23.1 Å². The molecule has 0 radical (unpaired) electrons. The Balaban J connectivity index is 1.44. The van der Waals surface area contributed by atoms with Gasteiger partial charge in [0.1, 0.15) is 16.4 Å². The van der Waals surface area contributed by atoms with Crippen LogP contribution in [0.15, 0.2) is 57.1 Å². The van der Waals surface area contributed by atoms with Crippen LogP contribution < -0.4 is 10.3 Å². The summed E-state index contributed by atoms with van der Waals surface area (Å²) in [7, 11) is 1.62. The van der Waals surface area contributed by atoms with Gasteiger partial charge in [-0.1, -0.05) is 17.8 Å². The lowest BCUT2D eigenvalue weighted by Gasteiger charge is -2.10. The molecule has 0 saturated carbocycles. The lowest BCUT2D eigenvalue weighted by Crippen LogP contribution is -2.12. The molecule has 1 N–H and O–H groups in total. The zero-order chi connectivity index (χ0) is 21.4. The molecule has 1 atom stereocenters. The number of hydrogen-bond donors (Lipinski definition) is 1. The molecule has 1 aromatic carbocycles. The fourth-order valence-corrected chi connectivity index (χ4v) is 5.76. The first-order chi connectivity index (χ1) is 15.1. The van der Waals surface area contributed by atoms with Crippen molar-refractivity contribution in [1.82, 2.24) is 30.2 Å². The number of H-pyrrole nitrogens is 1. The van der Waals surface area contributed by atoms with Gasteiger partial charge in [-0.15, -0.1) is 27.8 Å². The number of ether oxygens (including phenoxy) is 1. The third-order valence-electron chi connectivity index (χ3n) is 4.67. The van der Waals surface area contributed by atoms with E-state index in [0.29, 0.717) is 16.4 Å². The van der Waals surface area contributed by atoms with Gasteiger partial charge in [-0.05, 0) is 53.1 Å². The molecule has 0 aliphatic carbocycles. The third-order valence-corrected chi connectivity index (χ3v) is 7.49. The van der Waals surface area contributed by atoms with Crippen molar-refractivity contribution in [3.63, 3.8) is 0 Å². The molecule has 0 fully saturated rings. The topological polar surface area (TPSA) is 98.6 Å². The summed E-state index contributed by atoms with van der Waals surface area (Å²) in [5, 5.41) is 17.1. The Bertz CT molecular complexity index is 1390. The van der Waals surface area contributed by atoms with Crippen molar-refractivity contribution in [2.24, 2.45) is 0 Å². The normalized spacial score (nSPS) is 12.3. The summed E-state index contributed by atoms with van der Waals surface area (Å²) in [6.45, 7) is 1.97. The number of fused-ring (bicyclic) bond motifs is 1. The van der Waals surface area contributed by atoms with Crippen molar-refractivity contribution in [3.05, 3.63) is 63.3 Å². The zero-order valence-electron chi connectivity index (χ0n) is 16.5. The zero-order valence-corrected chi connectivity index (χ0v) is 18.9. The van der Waals surface area contributed by atoms with E-state index in [-0.39, 0.29) is 10.8 Å². The number of nitrogens with zero attached hydrogens (tertiary/aromatic N) is 5. The quantitative estimate of drug-likeness (QED) is 0.365. The summed E-state index contributed by atoms with van der Waals surface area (Å²) < 4.78 is 6.85. The lowest BCUT2D eigenvalue weighted by atomic mass is 10.2. The molecule has 0 aliphatic heterocycles. The van der Waals surface area contributed by atoms with Gasteiger partial charge in [-0.25, -0.2) is 4.98 Å². The molecule has 0 aliphatic rings. The predicted octanol–water partition coefficient (Wildman–Crippen LogP) is 4.55. The highest BCUT2D eigenvalue weighted by Gasteiger charge is 2.20. The van der Waals surface area contributed by atoms with E-state index >= 15 is 0 Å². The number of hydrogen-bond acceptors (Lipinski definition) is 9. The molecular formula is C20H16N6O2S3. The van der Waals surface area contributed by atoms with E-state index < -0.39 is 0 Å². The Morgan fingerprint density at radius 2 is 2.03 bits per heavy atom. The number of benzene rings is 1. The van der Waals surface area contributed by atoms with Crippen molar-refractivity contribution in [3.8, 4) is 21.9 Å². The number of methoxy groups -OCH3 is 1. The second-order valence-corrected chi connectivity index (χ2v) is 9.70. The average Bonchev–Trinajstić information content (AvgIpc) is 3.54. The van der Waals surface area contributed by atoms with Gasteiger partial charge in [0.2, 0.25) is 5.16 Å². The van der Waals surface area contributed by atoms with Crippen LogP contribution in [-0.4, -0.2) is 37.3 Å². The standard InChI is InChI=1S/C20H16N6O2S3/c1-11(31-20-23-24-25-26(20)12-5-7-13(28-2)8-6-12)17-21-18(27)16-14(10-30-19(16)22-17)15-4-3-9-29-15/h3-11H,1-2H3,(H,21,22,27). The van der Waals surface area contributed by atoms with Crippen LogP contribution in [0.1, 0.15) is 18.0 Å². The third kappa shape index (κ3) is 3.75. The van der Waals surface area contributed by atoms with Crippen LogP contribution in [0.2, 0.25) is 0 Å². The second kappa shape index (κ2) is 8.25. The highest BCUT2D eigenvalue weighted by atomic mass is 32.2. The first-order valence-corrected chi connectivity index (χ1v) is 11.9. The maximum Gasteiger partial charge on any atom is 0.260 e. The largest absolute Gasteiger partial charge is 0.497 e. The molecule has 0 bridgehead atoms. The summed E-state index contributed by atoms with van der Waals surface area (Å²) >= 11 is 4.51. The van der Waals surface area contributed by atoms with Gasteiger partial charge in [-0.2, -0.15) is 4.68 Å². The van der Waals surface area contributed by atoms with Crippen LogP contribution in [0.4, 0.5) is 0 Å². The van der Waals surface area contributed by atoms with Crippen LogP contribution in [0, 0.1) is 0 Å². The Labute approximate surface area is 188 Å². The fraction of sp³-hybridized carbons (Fsp3) is 0.150. The minimum Gasteiger partial charge on any atom is -0.497 e. The number of rotatable bonds is 6. The Morgan fingerprint density at radius 1 is 1.19 bits per heavy atom. The van der Waals surface area contributed by atoms with Crippen molar-refractivity contribution in [2.45, 2.75) is 17.3 Å². The summed E-state index contributed by atoms with van der Waals surface area (Å²) in [6.07, 6.45) is 0. The second-order valence-electron chi connectivity index (χ2n) is 6.59. The summed E-state index contributed by atoms with van der Waals surface area (Å²) in [5.41, 5.74) is 1.61. The first kappa shape index (κ1) is 19.9. The van der Waals surface area contributed by atoms with E-state index in [1.54, 1.807) is 23.1 Å². The highest BCUT2D eigenvalue weighted by Crippen LogP contribution is 2.36. The molecule has 5 rings (SSSR count). The molecule has 4 heterocycles. The first-order valence-electron chi connectivity index (χ1n) is 9.29. The van der Waals surface area contributed by atoms with Crippen LogP contribution in [0.5, 0.6) is 5.75 Å². The fourth-order valence-electron chi connectivity index (χ4n) is 3.12. The molecule has 8 nitrogen and oxygen atoms in total. The van der Waals surface area contributed by atoms with Gasteiger partial charge in [0.15, 0.2) is 0 Å². The predicted molar refractivity (Wildman–Crippen MR) is 124 cm³/mol. The molecule has 4 aromatic heterocycles. The van der Waals surface area contributed by atoms with Crippen molar-refractivity contribution < 1.29 is 4.74 Å². The summed E-state index contributed by atoms with van der Waals surface area (Å²) in [6, 6.07) is 11.5. The van der Waals surface area contributed by atoms with E-state index in [2.05, 4.69) is 20.5 Å². The van der Waals surface area contributed by atoms with Gasteiger partial charge in [0.05, 0.1) is 23.4 Å². The number of aromatic amines is 1. The van der Waals surface area contributed by atoms with Crippen LogP contribution in [0.25, 0.3) is 26.3 Å². The SMILES string of the molecule is COc1ccc(-n2nnnc2SC(C)c2nc3scc(-c4cccs4)c3c(=O)[nH]2)cc1.